The molecule has 1 N–H and O–H groups in total. The first-order valence-electron chi connectivity index (χ1n) is 8.03. The molecule has 2 saturated carbocycles. The highest BCUT2D eigenvalue weighted by atomic mass is 15.1. The van der Waals surface area contributed by atoms with E-state index in [4.69, 9.17) is 0 Å². The first-order valence-corrected chi connectivity index (χ1v) is 8.03. The minimum Gasteiger partial charge on any atom is -0.313 e. The van der Waals surface area contributed by atoms with Gasteiger partial charge in [0, 0.05) is 25.2 Å². The van der Waals surface area contributed by atoms with Gasteiger partial charge in [0.15, 0.2) is 0 Å². The van der Waals surface area contributed by atoms with E-state index in [-0.39, 0.29) is 0 Å². The van der Waals surface area contributed by atoms with E-state index >= 15 is 0 Å². The lowest BCUT2D eigenvalue weighted by atomic mass is 9.88. The fourth-order valence-corrected chi connectivity index (χ4v) is 3.82. The quantitative estimate of drug-likeness (QED) is 0.749. The monoisotopic (exact) mass is 252 g/mol. The van der Waals surface area contributed by atoms with Crippen molar-refractivity contribution in [1.29, 1.82) is 0 Å². The molecule has 5 unspecified atom stereocenters. The van der Waals surface area contributed by atoms with Gasteiger partial charge in [-0.15, -0.1) is 0 Å². The first-order chi connectivity index (χ1) is 8.60. The molecule has 0 aliphatic heterocycles. The lowest BCUT2D eigenvalue weighted by molar-refractivity contribution is 0.176. The highest BCUT2D eigenvalue weighted by molar-refractivity contribution is 4.91. The summed E-state index contributed by atoms with van der Waals surface area (Å²) in [5.41, 5.74) is 0. The molecule has 0 spiro atoms. The largest absolute Gasteiger partial charge is 0.313 e. The van der Waals surface area contributed by atoms with Crippen molar-refractivity contribution in [3.05, 3.63) is 0 Å². The molecule has 0 aromatic rings. The Morgan fingerprint density at radius 3 is 2.56 bits per heavy atom. The van der Waals surface area contributed by atoms with Crippen LogP contribution in [0.5, 0.6) is 0 Å². The van der Waals surface area contributed by atoms with Gasteiger partial charge in [-0.05, 0) is 64.3 Å². The highest BCUT2D eigenvalue weighted by Gasteiger charge is 2.39. The summed E-state index contributed by atoms with van der Waals surface area (Å²) in [6.45, 7) is 9.35. The van der Waals surface area contributed by atoms with Gasteiger partial charge in [0.1, 0.15) is 0 Å². The zero-order chi connectivity index (χ0) is 13.1. The van der Waals surface area contributed by atoms with Crippen LogP contribution in [0.1, 0.15) is 52.9 Å². The van der Waals surface area contributed by atoms with Crippen LogP contribution in [0.2, 0.25) is 0 Å². The Balaban J connectivity index is 1.69. The third-order valence-electron chi connectivity index (χ3n) is 5.53. The summed E-state index contributed by atoms with van der Waals surface area (Å²) in [6, 6.07) is 1.32. The Kier molecular flexibility index (Phi) is 5.08. The predicted molar refractivity (Wildman–Crippen MR) is 78.8 cm³/mol. The molecule has 2 nitrogen and oxygen atoms in total. The van der Waals surface area contributed by atoms with E-state index in [1.165, 1.54) is 38.6 Å². The second-order valence-electron chi connectivity index (χ2n) is 6.94. The van der Waals surface area contributed by atoms with Gasteiger partial charge in [0.05, 0.1) is 0 Å². The molecule has 0 aromatic carbocycles. The Labute approximate surface area is 114 Å². The smallest absolute Gasteiger partial charge is 0.0189 e. The van der Waals surface area contributed by atoms with E-state index in [1.54, 1.807) is 0 Å². The molecular weight excluding hydrogens is 220 g/mol. The van der Waals surface area contributed by atoms with Crippen molar-refractivity contribution in [2.75, 3.05) is 20.1 Å². The van der Waals surface area contributed by atoms with Gasteiger partial charge >= 0.3 is 0 Å². The number of hydrogen-bond acceptors (Lipinski definition) is 2. The molecule has 0 amide bonds. The Morgan fingerprint density at radius 1 is 1.22 bits per heavy atom. The number of fused-ring (bicyclic) bond motifs is 2. The molecule has 2 fully saturated rings. The third kappa shape index (κ3) is 3.48. The Bertz CT molecular complexity index is 253. The van der Waals surface area contributed by atoms with E-state index in [1.807, 2.05) is 0 Å². The fourth-order valence-electron chi connectivity index (χ4n) is 3.82. The molecule has 2 heteroatoms. The Hall–Kier alpha value is -0.0800. The molecule has 0 heterocycles. The fraction of sp³-hybridized carbons (Fsp3) is 1.00. The van der Waals surface area contributed by atoms with Gasteiger partial charge in [-0.1, -0.05) is 13.3 Å². The summed E-state index contributed by atoms with van der Waals surface area (Å²) in [6.07, 6.45) is 7.32. The maximum Gasteiger partial charge on any atom is 0.0189 e. The van der Waals surface area contributed by atoms with Crippen LogP contribution in [-0.2, 0) is 0 Å². The second-order valence-corrected chi connectivity index (χ2v) is 6.94. The number of nitrogens with one attached hydrogen (secondary N) is 1. The summed E-state index contributed by atoms with van der Waals surface area (Å²) in [4.78, 5) is 2.58. The summed E-state index contributed by atoms with van der Waals surface area (Å²) in [7, 11) is 2.31. The summed E-state index contributed by atoms with van der Waals surface area (Å²) >= 11 is 0. The van der Waals surface area contributed by atoms with E-state index < -0.39 is 0 Å². The maximum atomic E-state index is 3.63. The van der Waals surface area contributed by atoms with Crippen molar-refractivity contribution in [2.24, 2.45) is 17.8 Å². The number of likely N-dealkylation sites (N-methyl/N-ethyl adjacent to an activating group) is 1. The lowest BCUT2D eigenvalue weighted by Gasteiger charge is -2.32. The molecule has 0 saturated heterocycles. The van der Waals surface area contributed by atoms with Crippen molar-refractivity contribution in [2.45, 2.75) is 65.0 Å². The van der Waals surface area contributed by atoms with Crippen LogP contribution in [0.4, 0.5) is 0 Å². The molecule has 18 heavy (non-hydrogen) atoms. The van der Waals surface area contributed by atoms with E-state index in [0.29, 0.717) is 12.1 Å². The molecule has 2 bridgehead atoms. The van der Waals surface area contributed by atoms with Crippen LogP contribution in [0, 0.1) is 17.8 Å². The summed E-state index contributed by atoms with van der Waals surface area (Å²) in [5.74, 6) is 3.15. The van der Waals surface area contributed by atoms with Crippen molar-refractivity contribution in [3.8, 4) is 0 Å². The van der Waals surface area contributed by atoms with Crippen LogP contribution in [0.3, 0.4) is 0 Å². The van der Waals surface area contributed by atoms with Crippen molar-refractivity contribution in [3.63, 3.8) is 0 Å². The summed E-state index contributed by atoms with van der Waals surface area (Å²) in [5, 5.41) is 3.63. The number of rotatable bonds is 7. The number of hydrogen-bond donors (Lipinski definition) is 1. The third-order valence-corrected chi connectivity index (χ3v) is 5.53. The van der Waals surface area contributed by atoms with Gasteiger partial charge < -0.3 is 10.2 Å². The molecule has 2 rings (SSSR count). The van der Waals surface area contributed by atoms with Crippen molar-refractivity contribution >= 4 is 0 Å². The van der Waals surface area contributed by atoms with Crippen LogP contribution >= 0.6 is 0 Å². The zero-order valence-electron chi connectivity index (χ0n) is 12.8. The molecule has 106 valence electrons. The molecule has 5 atom stereocenters. The predicted octanol–water partition coefficient (Wildman–Crippen LogP) is 3.13. The van der Waals surface area contributed by atoms with Gasteiger partial charge in [0.2, 0.25) is 0 Å². The number of nitrogens with zero attached hydrogens (tertiary/aromatic N) is 1. The van der Waals surface area contributed by atoms with E-state index in [2.05, 4.69) is 38.0 Å². The summed E-state index contributed by atoms with van der Waals surface area (Å²) < 4.78 is 0. The van der Waals surface area contributed by atoms with Gasteiger partial charge in [-0.25, -0.2) is 0 Å². The van der Waals surface area contributed by atoms with Crippen LogP contribution in [0.25, 0.3) is 0 Å². The maximum absolute atomic E-state index is 3.63. The zero-order valence-corrected chi connectivity index (χ0v) is 12.8. The molecule has 0 aromatic heterocycles. The standard InChI is InChI=1S/C16H32N2/c1-5-12(2)17-10-13(3)18(4)11-16-9-14-6-7-15(16)8-14/h12-17H,5-11H2,1-4H3. The average molecular weight is 252 g/mol. The second kappa shape index (κ2) is 6.38. The lowest BCUT2D eigenvalue weighted by Crippen LogP contribution is -2.43. The van der Waals surface area contributed by atoms with Gasteiger partial charge in [-0.3, -0.25) is 0 Å². The topological polar surface area (TPSA) is 15.3 Å². The molecular formula is C16H32N2. The van der Waals surface area contributed by atoms with Crippen LogP contribution < -0.4 is 5.32 Å². The molecule has 2 aliphatic carbocycles. The van der Waals surface area contributed by atoms with Crippen molar-refractivity contribution in [1.82, 2.24) is 10.2 Å². The minimum atomic E-state index is 0.656. The molecule has 0 radical (unpaired) electrons. The van der Waals surface area contributed by atoms with E-state index in [0.717, 1.165) is 24.3 Å². The normalized spacial score (nSPS) is 34.2. The van der Waals surface area contributed by atoms with Crippen molar-refractivity contribution < 1.29 is 0 Å². The van der Waals surface area contributed by atoms with Crippen LogP contribution in [-0.4, -0.2) is 37.1 Å². The minimum absolute atomic E-state index is 0.656. The highest BCUT2D eigenvalue weighted by Crippen LogP contribution is 2.48. The SMILES string of the molecule is CCC(C)NCC(C)N(C)CC1CC2CCC1C2. The average Bonchev–Trinajstić information content (AvgIpc) is 2.97. The first kappa shape index (κ1) is 14.3. The van der Waals surface area contributed by atoms with Gasteiger partial charge in [0.25, 0.3) is 0 Å². The van der Waals surface area contributed by atoms with Crippen LogP contribution in [0.15, 0.2) is 0 Å². The van der Waals surface area contributed by atoms with Gasteiger partial charge in [-0.2, -0.15) is 0 Å². The van der Waals surface area contributed by atoms with E-state index in [9.17, 15) is 0 Å². The molecule has 2 aliphatic rings. The Morgan fingerprint density at radius 2 is 2.00 bits per heavy atom.